The predicted molar refractivity (Wildman–Crippen MR) is 90.0 cm³/mol. The first-order valence-electron chi connectivity index (χ1n) is 8.58. The second-order valence-electron chi connectivity index (χ2n) is 8.75. The van der Waals surface area contributed by atoms with Gasteiger partial charge in [0.25, 0.3) is 0 Å². The summed E-state index contributed by atoms with van der Waals surface area (Å²) >= 11 is 0. The monoisotopic (exact) mass is 296 g/mol. The van der Waals surface area contributed by atoms with Gasteiger partial charge >= 0.3 is 0 Å². The van der Waals surface area contributed by atoms with Gasteiger partial charge < -0.3 is 4.90 Å². The maximum Gasteiger partial charge on any atom is 0.241 e. The van der Waals surface area contributed by atoms with Gasteiger partial charge in [0, 0.05) is 6.54 Å². The highest BCUT2D eigenvalue weighted by molar-refractivity contribution is 5.84. The van der Waals surface area contributed by atoms with E-state index in [0.29, 0.717) is 23.7 Å². The van der Waals surface area contributed by atoms with E-state index < -0.39 is 0 Å². The summed E-state index contributed by atoms with van der Waals surface area (Å²) in [6, 6.07) is 0.0147. The molecule has 1 amide bonds. The molecule has 0 aromatic carbocycles. The summed E-state index contributed by atoms with van der Waals surface area (Å²) in [4.78, 5) is 14.9. The second-order valence-corrected chi connectivity index (χ2v) is 8.75. The largest absolute Gasteiger partial charge is 0.325 e. The SMILES string of the molecule is CC(C)CC1NC(CC(C)C)N(CC(C)C(C)(C)C)C1=O. The maximum atomic E-state index is 12.8. The molecule has 3 atom stereocenters. The third-order valence-electron chi connectivity index (χ3n) is 4.70. The van der Waals surface area contributed by atoms with Gasteiger partial charge in [-0.2, -0.15) is 0 Å². The molecule has 1 aliphatic rings. The van der Waals surface area contributed by atoms with Gasteiger partial charge in [0.05, 0.1) is 12.2 Å². The van der Waals surface area contributed by atoms with Crippen LogP contribution in [0.1, 0.15) is 68.2 Å². The maximum absolute atomic E-state index is 12.8. The first-order valence-corrected chi connectivity index (χ1v) is 8.58. The summed E-state index contributed by atoms with van der Waals surface area (Å²) < 4.78 is 0. The quantitative estimate of drug-likeness (QED) is 0.806. The van der Waals surface area contributed by atoms with E-state index in [-0.39, 0.29) is 17.6 Å². The molecule has 1 heterocycles. The van der Waals surface area contributed by atoms with Gasteiger partial charge in [0.15, 0.2) is 0 Å². The van der Waals surface area contributed by atoms with E-state index in [1.54, 1.807) is 0 Å². The fourth-order valence-corrected chi connectivity index (χ4v) is 2.82. The summed E-state index contributed by atoms with van der Waals surface area (Å²) in [5.41, 5.74) is 0.235. The van der Waals surface area contributed by atoms with Crippen LogP contribution in [0.2, 0.25) is 0 Å². The lowest BCUT2D eigenvalue weighted by Crippen LogP contribution is -2.43. The lowest BCUT2D eigenvalue weighted by molar-refractivity contribution is -0.131. The summed E-state index contributed by atoms with van der Waals surface area (Å²) in [5, 5.41) is 3.59. The Balaban J connectivity index is 2.82. The second kappa shape index (κ2) is 7.13. The zero-order chi connectivity index (χ0) is 16.4. The van der Waals surface area contributed by atoms with E-state index >= 15 is 0 Å². The molecule has 124 valence electrons. The lowest BCUT2D eigenvalue weighted by atomic mass is 9.81. The van der Waals surface area contributed by atoms with Crippen molar-refractivity contribution in [3.8, 4) is 0 Å². The minimum absolute atomic E-state index is 0.0147. The molecule has 1 fully saturated rings. The Labute approximate surface area is 131 Å². The molecule has 0 spiro atoms. The van der Waals surface area contributed by atoms with E-state index in [1.165, 1.54) is 0 Å². The highest BCUT2D eigenvalue weighted by Gasteiger charge is 2.40. The highest BCUT2D eigenvalue weighted by Crippen LogP contribution is 2.29. The zero-order valence-electron chi connectivity index (χ0n) is 15.4. The third-order valence-corrected chi connectivity index (χ3v) is 4.70. The Morgan fingerprint density at radius 3 is 2.00 bits per heavy atom. The summed E-state index contributed by atoms with van der Waals surface area (Å²) in [6.07, 6.45) is 2.19. The van der Waals surface area contributed by atoms with E-state index in [2.05, 4.69) is 65.6 Å². The van der Waals surface area contributed by atoms with Crippen LogP contribution in [0.15, 0.2) is 0 Å². The zero-order valence-corrected chi connectivity index (χ0v) is 15.4. The van der Waals surface area contributed by atoms with Crippen molar-refractivity contribution in [1.82, 2.24) is 10.2 Å². The van der Waals surface area contributed by atoms with Gasteiger partial charge in [0.1, 0.15) is 0 Å². The number of carbonyl (C=O) groups excluding carboxylic acids is 1. The average molecular weight is 296 g/mol. The number of hydrogen-bond donors (Lipinski definition) is 1. The van der Waals surface area contributed by atoms with Crippen LogP contribution in [0.5, 0.6) is 0 Å². The molecule has 0 aromatic rings. The summed E-state index contributed by atoms with van der Waals surface area (Å²) in [7, 11) is 0. The van der Waals surface area contributed by atoms with Crippen LogP contribution in [0.25, 0.3) is 0 Å². The van der Waals surface area contributed by atoms with Crippen molar-refractivity contribution in [3.05, 3.63) is 0 Å². The molecule has 0 bridgehead atoms. The van der Waals surface area contributed by atoms with Crippen LogP contribution in [-0.2, 0) is 4.79 Å². The van der Waals surface area contributed by atoms with Crippen LogP contribution in [0.3, 0.4) is 0 Å². The fourth-order valence-electron chi connectivity index (χ4n) is 2.82. The van der Waals surface area contributed by atoms with E-state index in [0.717, 1.165) is 19.4 Å². The molecule has 3 nitrogen and oxygen atoms in total. The van der Waals surface area contributed by atoms with Crippen LogP contribution < -0.4 is 5.32 Å². The normalized spacial score (nSPS) is 25.2. The van der Waals surface area contributed by atoms with Crippen molar-refractivity contribution in [1.29, 1.82) is 0 Å². The fraction of sp³-hybridized carbons (Fsp3) is 0.944. The standard InChI is InChI=1S/C18H36N2O/c1-12(2)9-15-17(21)20(11-14(5)18(6,7)8)16(19-15)10-13(3)4/h12-16,19H,9-11H2,1-8H3. The summed E-state index contributed by atoms with van der Waals surface area (Å²) in [6.45, 7) is 18.7. The average Bonchev–Trinajstić information content (AvgIpc) is 2.55. The molecule has 1 N–H and O–H groups in total. The van der Waals surface area contributed by atoms with E-state index in [1.807, 2.05) is 0 Å². The molecule has 0 aliphatic carbocycles. The van der Waals surface area contributed by atoms with Gasteiger partial charge in [0.2, 0.25) is 5.91 Å². The first-order chi connectivity index (χ1) is 9.52. The number of nitrogens with one attached hydrogen (secondary N) is 1. The Kier molecular flexibility index (Phi) is 6.27. The molecule has 3 heteroatoms. The molecular formula is C18H36N2O. The highest BCUT2D eigenvalue weighted by atomic mass is 16.2. The Hall–Kier alpha value is -0.570. The molecule has 21 heavy (non-hydrogen) atoms. The first kappa shape index (κ1) is 18.5. The number of nitrogens with zero attached hydrogens (tertiary/aromatic N) is 1. The number of carbonyl (C=O) groups is 1. The Morgan fingerprint density at radius 1 is 1.05 bits per heavy atom. The predicted octanol–water partition coefficient (Wildman–Crippen LogP) is 3.89. The van der Waals surface area contributed by atoms with Gasteiger partial charge in [-0.05, 0) is 36.0 Å². The molecule has 1 saturated heterocycles. The molecular weight excluding hydrogens is 260 g/mol. The lowest BCUT2D eigenvalue weighted by Gasteiger charge is -2.34. The van der Waals surface area contributed by atoms with Crippen molar-refractivity contribution in [2.24, 2.45) is 23.2 Å². The topological polar surface area (TPSA) is 32.3 Å². The van der Waals surface area contributed by atoms with Crippen LogP contribution in [0, 0.1) is 23.2 Å². The Bertz CT molecular complexity index is 344. The van der Waals surface area contributed by atoms with Crippen molar-refractivity contribution in [3.63, 3.8) is 0 Å². The smallest absolute Gasteiger partial charge is 0.241 e. The van der Waals surface area contributed by atoms with Crippen LogP contribution >= 0.6 is 0 Å². The van der Waals surface area contributed by atoms with Crippen molar-refractivity contribution in [2.75, 3.05) is 6.54 Å². The van der Waals surface area contributed by atoms with Gasteiger partial charge in [-0.25, -0.2) is 0 Å². The van der Waals surface area contributed by atoms with E-state index in [9.17, 15) is 4.79 Å². The molecule has 1 aliphatic heterocycles. The van der Waals surface area contributed by atoms with E-state index in [4.69, 9.17) is 0 Å². The van der Waals surface area contributed by atoms with Crippen molar-refractivity contribution >= 4 is 5.91 Å². The van der Waals surface area contributed by atoms with Gasteiger partial charge in [-0.3, -0.25) is 10.1 Å². The minimum Gasteiger partial charge on any atom is -0.325 e. The van der Waals surface area contributed by atoms with Crippen LogP contribution in [0.4, 0.5) is 0 Å². The molecule has 0 saturated carbocycles. The molecule has 3 unspecified atom stereocenters. The van der Waals surface area contributed by atoms with Gasteiger partial charge in [-0.1, -0.05) is 55.4 Å². The van der Waals surface area contributed by atoms with Crippen LogP contribution in [-0.4, -0.2) is 29.6 Å². The number of rotatable bonds is 6. The third kappa shape index (κ3) is 5.28. The number of amides is 1. The molecule has 1 rings (SSSR count). The molecule has 0 aromatic heterocycles. The van der Waals surface area contributed by atoms with Crippen molar-refractivity contribution in [2.45, 2.75) is 80.4 Å². The molecule has 0 radical (unpaired) electrons. The van der Waals surface area contributed by atoms with Gasteiger partial charge in [-0.15, -0.1) is 0 Å². The minimum atomic E-state index is 0.0147. The number of hydrogen-bond acceptors (Lipinski definition) is 2. The van der Waals surface area contributed by atoms with Crippen molar-refractivity contribution < 1.29 is 4.79 Å². The Morgan fingerprint density at radius 2 is 1.57 bits per heavy atom. The summed E-state index contributed by atoms with van der Waals surface area (Å²) in [5.74, 6) is 1.95.